The van der Waals surface area contributed by atoms with E-state index in [-0.39, 0.29) is 0 Å². The second-order valence-corrected chi connectivity index (χ2v) is 6.53. The molecule has 1 N–H and O–H groups in total. The zero-order valence-corrected chi connectivity index (χ0v) is 13.2. The van der Waals surface area contributed by atoms with Gasteiger partial charge in [-0.3, -0.25) is 0 Å². The first kappa shape index (κ1) is 16.1. The van der Waals surface area contributed by atoms with Crippen molar-refractivity contribution >= 4 is 5.97 Å². The number of benzene rings is 1. The number of carboxylic acid groups (broad SMARTS) is 1. The molecular weight excluding hydrogens is 260 g/mol. The van der Waals surface area contributed by atoms with Crippen LogP contribution in [0, 0.1) is 0 Å². The molecule has 2 rings (SSSR count). The van der Waals surface area contributed by atoms with Crippen LogP contribution in [0.3, 0.4) is 0 Å². The van der Waals surface area contributed by atoms with Crippen LogP contribution in [0.5, 0.6) is 0 Å². The molecule has 0 aliphatic heterocycles. The van der Waals surface area contributed by atoms with E-state index in [1.165, 1.54) is 69.8 Å². The molecule has 1 aliphatic rings. The molecule has 2 heteroatoms. The summed E-state index contributed by atoms with van der Waals surface area (Å²) in [5.74, 6) is -0.831. The monoisotopic (exact) mass is 288 g/mol. The van der Waals surface area contributed by atoms with Gasteiger partial charge >= 0.3 is 5.97 Å². The van der Waals surface area contributed by atoms with Crippen molar-refractivity contribution in [3.63, 3.8) is 0 Å². The molecule has 2 nitrogen and oxygen atoms in total. The fourth-order valence-corrected chi connectivity index (χ4v) is 3.77. The molecule has 0 aromatic heterocycles. The topological polar surface area (TPSA) is 37.3 Å². The maximum Gasteiger partial charge on any atom is 0.335 e. The molecule has 0 saturated heterocycles. The summed E-state index contributed by atoms with van der Waals surface area (Å²) in [5.41, 5.74) is 2.07. The molecule has 0 unspecified atom stereocenters. The van der Waals surface area contributed by atoms with E-state index in [2.05, 4.69) is 19.1 Å². The van der Waals surface area contributed by atoms with Crippen LogP contribution in [0.2, 0.25) is 0 Å². The average molecular weight is 288 g/mol. The molecule has 0 bridgehead atoms. The Bertz CT molecular complexity index is 441. The molecule has 0 heterocycles. The van der Waals surface area contributed by atoms with E-state index >= 15 is 0 Å². The van der Waals surface area contributed by atoms with E-state index in [0.717, 1.165) is 0 Å². The maximum absolute atomic E-state index is 11.0. The van der Waals surface area contributed by atoms with Crippen LogP contribution < -0.4 is 0 Å². The first-order chi connectivity index (χ1) is 10.2. The first-order valence-electron chi connectivity index (χ1n) is 8.52. The summed E-state index contributed by atoms with van der Waals surface area (Å²) in [6.07, 6.45) is 13.0. The minimum atomic E-state index is -0.831. The summed E-state index contributed by atoms with van der Waals surface area (Å²) >= 11 is 0. The number of aromatic carboxylic acids is 1. The van der Waals surface area contributed by atoms with E-state index in [1.54, 1.807) is 12.1 Å². The minimum Gasteiger partial charge on any atom is -0.478 e. The van der Waals surface area contributed by atoms with E-state index in [1.807, 2.05) is 0 Å². The van der Waals surface area contributed by atoms with Gasteiger partial charge in [-0.2, -0.15) is 0 Å². The molecular formula is C19H28O2. The number of carbonyl (C=O) groups is 1. The van der Waals surface area contributed by atoms with Crippen molar-refractivity contribution < 1.29 is 9.90 Å². The van der Waals surface area contributed by atoms with Gasteiger partial charge in [0.25, 0.3) is 0 Å². The highest BCUT2D eigenvalue weighted by Gasteiger charge is 2.33. The standard InChI is InChI=1S/C19H28O2/c1-2-3-4-6-13-19(14-7-5-8-15-19)17-11-9-16(10-12-17)18(20)21/h9-12H,2-8,13-15H2,1H3,(H,20,21). The van der Waals surface area contributed by atoms with Crippen molar-refractivity contribution in [2.45, 2.75) is 76.5 Å². The first-order valence-corrected chi connectivity index (χ1v) is 8.52. The van der Waals surface area contributed by atoms with E-state index in [0.29, 0.717) is 11.0 Å². The van der Waals surface area contributed by atoms with Gasteiger partial charge in [0, 0.05) is 0 Å². The van der Waals surface area contributed by atoms with Gasteiger partial charge in [-0.25, -0.2) is 4.79 Å². The molecule has 1 aromatic rings. The second-order valence-electron chi connectivity index (χ2n) is 6.53. The largest absolute Gasteiger partial charge is 0.478 e. The van der Waals surface area contributed by atoms with Crippen LogP contribution in [-0.4, -0.2) is 11.1 Å². The Morgan fingerprint density at radius 1 is 1.05 bits per heavy atom. The van der Waals surface area contributed by atoms with Gasteiger partial charge in [-0.15, -0.1) is 0 Å². The van der Waals surface area contributed by atoms with Gasteiger partial charge in [0.2, 0.25) is 0 Å². The van der Waals surface area contributed by atoms with Gasteiger partial charge < -0.3 is 5.11 Å². The highest BCUT2D eigenvalue weighted by molar-refractivity contribution is 5.87. The Labute approximate surface area is 128 Å². The molecule has 1 aliphatic carbocycles. The Balaban J connectivity index is 2.12. The summed E-state index contributed by atoms with van der Waals surface area (Å²) in [6.45, 7) is 2.25. The van der Waals surface area contributed by atoms with Gasteiger partial charge in [0.15, 0.2) is 0 Å². The Kier molecular flexibility index (Phi) is 5.84. The van der Waals surface area contributed by atoms with Crippen molar-refractivity contribution in [1.29, 1.82) is 0 Å². The normalized spacial score (nSPS) is 17.6. The van der Waals surface area contributed by atoms with Crippen LogP contribution in [0.4, 0.5) is 0 Å². The van der Waals surface area contributed by atoms with Gasteiger partial charge in [0.05, 0.1) is 5.56 Å². The van der Waals surface area contributed by atoms with Crippen LogP contribution in [0.15, 0.2) is 24.3 Å². The van der Waals surface area contributed by atoms with Gasteiger partial charge in [0.1, 0.15) is 0 Å². The van der Waals surface area contributed by atoms with Crippen molar-refractivity contribution in [1.82, 2.24) is 0 Å². The molecule has 0 atom stereocenters. The third-order valence-corrected chi connectivity index (χ3v) is 5.06. The average Bonchev–Trinajstić information content (AvgIpc) is 2.53. The maximum atomic E-state index is 11.0. The summed E-state index contributed by atoms with van der Waals surface area (Å²) in [5, 5.41) is 9.05. The number of hydrogen-bond donors (Lipinski definition) is 1. The van der Waals surface area contributed by atoms with Crippen molar-refractivity contribution in [2.24, 2.45) is 0 Å². The highest BCUT2D eigenvalue weighted by atomic mass is 16.4. The molecule has 21 heavy (non-hydrogen) atoms. The lowest BCUT2D eigenvalue weighted by Crippen LogP contribution is -2.29. The van der Waals surface area contributed by atoms with E-state index in [9.17, 15) is 4.79 Å². The molecule has 0 radical (unpaired) electrons. The molecule has 0 amide bonds. The second kappa shape index (κ2) is 7.63. The predicted octanol–water partition coefficient (Wildman–Crippen LogP) is 5.56. The molecule has 0 spiro atoms. The fraction of sp³-hybridized carbons (Fsp3) is 0.632. The summed E-state index contributed by atoms with van der Waals surface area (Å²) in [7, 11) is 0. The minimum absolute atomic E-state index is 0.309. The predicted molar refractivity (Wildman–Crippen MR) is 86.9 cm³/mol. The number of unbranched alkanes of at least 4 members (excludes halogenated alkanes) is 3. The lowest BCUT2D eigenvalue weighted by Gasteiger charge is -2.38. The Morgan fingerprint density at radius 3 is 2.29 bits per heavy atom. The lowest BCUT2D eigenvalue weighted by molar-refractivity contribution is 0.0697. The SMILES string of the molecule is CCCCCCC1(c2ccc(C(=O)O)cc2)CCCCC1. The van der Waals surface area contributed by atoms with Gasteiger partial charge in [-0.05, 0) is 42.4 Å². The third kappa shape index (κ3) is 4.09. The highest BCUT2D eigenvalue weighted by Crippen LogP contribution is 2.43. The summed E-state index contributed by atoms with van der Waals surface area (Å²) < 4.78 is 0. The summed E-state index contributed by atoms with van der Waals surface area (Å²) in [6, 6.07) is 7.68. The van der Waals surface area contributed by atoms with Crippen LogP contribution in [-0.2, 0) is 5.41 Å². The Morgan fingerprint density at radius 2 is 1.71 bits per heavy atom. The van der Waals surface area contributed by atoms with Crippen molar-refractivity contribution in [3.8, 4) is 0 Å². The molecule has 1 fully saturated rings. The molecule has 1 aromatic carbocycles. The lowest BCUT2D eigenvalue weighted by atomic mass is 9.66. The molecule has 1 saturated carbocycles. The van der Waals surface area contributed by atoms with E-state index < -0.39 is 5.97 Å². The third-order valence-electron chi connectivity index (χ3n) is 5.06. The van der Waals surface area contributed by atoms with Crippen molar-refractivity contribution in [3.05, 3.63) is 35.4 Å². The van der Waals surface area contributed by atoms with Crippen LogP contribution >= 0.6 is 0 Å². The fourth-order valence-electron chi connectivity index (χ4n) is 3.77. The number of carboxylic acids is 1. The number of rotatable bonds is 7. The number of hydrogen-bond acceptors (Lipinski definition) is 1. The van der Waals surface area contributed by atoms with Crippen molar-refractivity contribution in [2.75, 3.05) is 0 Å². The molecule has 116 valence electrons. The zero-order chi connectivity index (χ0) is 15.1. The quantitative estimate of drug-likeness (QED) is 0.667. The summed E-state index contributed by atoms with van der Waals surface area (Å²) in [4.78, 5) is 11.0. The van der Waals surface area contributed by atoms with E-state index in [4.69, 9.17) is 5.11 Å². The zero-order valence-electron chi connectivity index (χ0n) is 13.2. The van der Waals surface area contributed by atoms with Gasteiger partial charge in [-0.1, -0.05) is 64.0 Å². The van der Waals surface area contributed by atoms with Crippen LogP contribution in [0.1, 0.15) is 87.1 Å². The van der Waals surface area contributed by atoms with Crippen LogP contribution in [0.25, 0.3) is 0 Å². The Hall–Kier alpha value is -1.31. The smallest absolute Gasteiger partial charge is 0.335 e.